The summed E-state index contributed by atoms with van der Waals surface area (Å²) in [6.07, 6.45) is 3.31. The lowest BCUT2D eigenvalue weighted by Gasteiger charge is -2.15. The molecule has 3 aromatic rings. The molecule has 0 unspecified atom stereocenters. The van der Waals surface area contributed by atoms with Crippen molar-refractivity contribution in [2.75, 3.05) is 4.90 Å². The van der Waals surface area contributed by atoms with Gasteiger partial charge in [-0.15, -0.1) is 0 Å². The third kappa shape index (κ3) is 2.72. The lowest BCUT2D eigenvalue weighted by Crippen LogP contribution is -2.37. The summed E-state index contributed by atoms with van der Waals surface area (Å²) < 4.78 is 1.53. The van der Waals surface area contributed by atoms with E-state index in [0.717, 1.165) is 15.6 Å². The maximum atomic E-state index is 13.0. The molecule has 1 aliphatic heterocycles. The number of anilines is 1. The minimum atomic E-state index is -0.214. The summed E-state index contributed by atoms with van der Waals surface area (Å²) in [5.74, 6) is 0.0660. The van der Waals surface area contributed by atoms with E-state index in [1.807, 2.05) is 48.5 Å². The van der Waals surface area contributed by atoms with E-state index >= 15 is 0 Å². The van der Waals surface area contributed by atoms with Crippen LogP contribution in [0.25, 0.3) is 11.8 Å². The van der Waals surface area contributed by atoms with E-state index in [4.69, 9.17) is 0 Å². The number of carbonyl (C=O) groups is 1. The average Bonchev–Trinajstić information content (AvgIpc) is 2.88. The molecule has 0 fully saturated rings. The van der Waals surface area contributed by atoms with E-state index in [0.29, 0.717) is 16.0 Å². The molecule has 0 saturated carbocycles. The summed E-state index contributed by atoms with van der Waals surface area (Å²) in [4.78, 5) is 14.5. The van der Waals surface area contributed by atoms with Gasteiger partial charge in [-0.25, -0.2) is 9.52 Å². The molecular weight excluding hydrogens is 380 g/mol. The van der Waals surface area contributed by atoms with Gasteiger partial charge in [0.05, 0.1) is 11.8 Å². The van der Waals surface area contributed by atoms with Crippen molar-refractivity contribution in [1.29, 1.82) is 0 Å². The molecule has 0 saturated heterocycles. The topological polar surface area (TPSA) is 47.2 Å². The van der Waals surface area contributed by atoms with Crippen molar-refractivity contribution >= 4 is 39.4 Å². The Morgan fingerprint density at radius 3 is 2.48 bits per heavy atom. The zero-order chi connectivity index (χ0) is 17.4. The van der Waals surface area contributed by atoms with Gasteiger partial charge in [-0.2, -0.15) is 4.90 Å². The minimum absolute atomic E-state index is 0.214. The van der Waals surface area contributed by atoms with E-state index in [2.05, 4.69) is 15.9 Å². The molecule has 5 heteroatoms. The van der Waals surface area contributed by atoms with E-state index in [1.54, 1.807) is 24.3 Å². The Morgan fingerprint density at radius 1 is 0.960 bits per heavy atom. The molecule has 0 N–H and O–H groups in total. The number of pyridine rings is 1. The largest absolute Gasteiger partial charge is 0.711 e. The molecule has 0 aliphatic carbocycles. The number of halogens is 1. The maximum absolute atomic E-state index is 13.0. The molecule has 0 atom stereocenters. The van der Waals surface area contributed by atoms with E-state index in [-0.39, 0.29) is 11.7 Å². The van der Waals surface area contributed by atoms with Crippen molar-refractivity contribution in [3.63, 3.8) is 0 Å². The van der Waals surface area contributed by atoms with Crippen LogP contribution in [0.15, 0.2) is 77.4 Å². The maximum Gasteiger partial charge on any atom is 0.347 e. The molecule has 1 amide bonds. The first kappa shape index (κ1) is 15.6. The molecule has 1 aliphatic rings. The average molecular weight is 393 g/mol. The molecule has 25 heavy (non-hydrogen) atoms. The number of fused-ring (bicyclic) bond motifs is 1. The SMILES string of the molecule is O=C1c2cc(Br)ccc2/C(=C/c2ccccc2)N1c1cccc[n+]1[O-]. The Balaban J connectivity index is 1.95. The van der Waals surface area contributed by atoms with Gasteiger partial charge in [0.25, 0.3) is 5.82 Å². The zero-order valence-corrected chi connectivity index (χ0v) is 14.7. The molecule has 0 spiro atoms. The monoisotopic (exact) mass is 392 g/mol. The second kappa shape index (κ2) is 6.18. The quantitative estimate of drug-likeness (QED) is 0.483. The first-order valence-electron chi connectivity index (χ1n) is 7.74. The molecule has 2 aromatic carbocycles. The van der Waals surface area contributed by atoms with Crippen molar-refractivity contribution in [1.82, 2.24) is 0 Å². The fourth-order valence-electron chi connectivity index (χ4n) is 2.94. The molecule has 122 valence electrons. The molecule has 4 rings (SSSR count). The van der Waals surface area contributed by atoms with Gasteiger partial charge < -0.3 is 5.21 Å². The van der Waals surface area contributed by atoms with E-state index < -0.39 is 0 Å². The van der Waals surface area contributed by atoms with E-state index in [9.17, 15) is 10.0 Å². The van der Waals surface area contributed by atoms with Crippen molar-refractivity contribution in [2.45, 2.75) is 0 Å². The van der Waals surface area contributed by atoms with Crippen LogP contribution in [-0.2, 0) is 0 Å². The standard InChI is InChI=1S/C20H13BrN2O2/c21-15-9-10-16-17(13-15)20(24)23(19-8-4-5-11-22(19)25)18(16)12-14-6-2-1-3-7-14/h1-13H/b18-12-. The van der Waals surface area contributed by atoms with Crippen molar-refractivity contribution in [3.8, 4) is 0 Å². The Labute approximate surface area is 153 Å². The Bertz CT molecular complexity index is 1000. The highest BCUT2D eigenvalue weighted by atomic mass is 79.9. The molecule has 1 aromatic heterocycles. The van der Waals surface area contributed by atoms with Gasteiger partial charge in [0, 0.05) is 16.1 Å². The lowest BCUT2D eigenvalue weighted by atomic mass is 10.1. The highest BCUT2D eigenvalue weighted by Crippen LogP contribution is 2.37. The van der Waals surface area contributed by atoms with Crippen LogP contribution < -0.4 is 9.63 Å². The summed E-state index contributed by atoms with van der Waals surface area (Å²) in [6.45, 7) is 0. The second-order valence-electron chi connectivity index (χ2n) is 5.66. The predicted molar refractivity (Wildman–Crippen MR) is 101 cm³/mol. The van der Waals surface area contributed by atoms with Crippen molar-refractivity contribution in [2.24, 2.45) is 0 Å². The highest BCUT2D eigenvalue weighted by Gasteiger charge is 2.41. The lowest BCUT2D eigenvalue weighted by molar-refractivity contribution is -0.591. The summed E-state index contributed by atoms with van der Waals surface area (Å²) in [6, 6.07) is 20.3. The normalized spacial score (nSPS) is 14.8. The second-order valence-corrected chi connectivity index (χ2v) is 6.57. The Hall–Kier alpha value is -2.92. The Morgan fingerprint density at radius 2 is 1.72 bits per heavy atom. The summed E-state index contributed by atoms with van der Waals surface area (Å²) in [5, 5.41) is 12.3. The Kier molecular flexibility index (Phi) is 3.86. The number of hydrogen-bond acceptors (Lipinski definition) is 2. The summed E-state index contributed by atoms with van der Waals surface area (Å²) in [7, 11) is 0. The van der Waals surface area contributed by atoms with Crippen LogP contribution in [0.4, 0.5) is 5.82 Å². The first-order chi connectivity index (χ1) is 12.1. The third-order valence-corrected chi connectivity index (χ3v) is 4.56. The summed E-state index contributed by atoms with van der Waals surface area (Å²) in [5.41, 5.74) is 3.02. The molecule has 2 heterocycles. The number of nitrogens with zero attached hydrogens (tertiary/aromatic N) is 2. The number of amides is 1. The molecule has 0 bridgehead atoms. The number of aromatic nitrogens is 1. The van der Waals surface area contributed by atoms with E-state index in [1.165, 1.54) is 11.1 Å². The molecule has 4 nitrogen and oxygen atoms in total. The molecular formula is C20H13BrN2O2. The molecule has 0 radical (unpaired) electrons. The van der Waals surface area contributed by atoms with Gasteiger partial charge in [-0.05, 0) is 35.9 Å². The van der Waals surface area contributed by atoms with Gasteiger partial charge in [0.2, 0.25) is 0 Å². The van der Waals surface area contributed by atoms with Crippen LogP contribution in [0.5, 0.6) is 0 Å². The number of benzene rings is 2. The van der Waals surface area contributed by atoms with Crippen LogP contribution in [0.2, 0.25) is 0 Å². The predicted octanol–water partition coefficient (Wildman–Crippen LogP) is 4.24. The van der Waals surface area contributed by atoms with Crippen LogP contribution in [0.3, 0.4) is 0 Å². The van der Waals surface area contributed by atoms with Crippen LogP contribution >= 0.6 is 15.9 Å². The van der Waals surface area contributed by atoms with Crippen LogP contribution in [0.1, 0.15) is 21.5 Å². The zero-order valence-electron chi connectivity index (χ0n) is 13.1. The van der Waals surface area contributed by atoms with Gasteiger partial charge in [-0.1, -0.05) is 52.3 Å². The van der Waals surface area contributed by atoms with Gasteiger partial charge in [-0.3, -0.25) is 0 Å². The minimum Gasteiger partial charge on any atom is -0.711 e. The first-order valence-corrected chi connectivity index (χ1v) is 8.54. The fourth-order valence-corrected chi connectivity index (χ4v) is 3.30. The smallest absolute Gasteiger partial charge is 0.347 e. The number of hydrogen-bond donors (Lipinski definition) is 0. The van der Waals surface area contributed by atoms with Crippen molar-refractivity contribution < 1.29 is 9.52 Å². The van der Waals surface area contributed by atoms with Crippen LogP contribution in [0, 0.1) is 5.21 Å². The van der Waals surface area contributed by atoms with Gasteiger partial charge >= 0.3 is 5.91 Å². The highest BCUT2D eigenvalue weighted by molar-refractivity contribution is 9.10. The summed E-state index contributed by atoms with van der Waals surface area (Å²) >= 11 is 3.41. The number of rotatable bonds is 2. The van der Waals surface area contributed by atoms with Gasteiger partial charge in [0.1, 0.15) is 5.70 Å². The van der Waals surface area contributed by atoms with Crippen LogP contribution in [-0.4, -0.2) is 5.91 Å². The van der Waals surface area contributed by atoms with Gasteiger partial charge in [0.15, 0.2) is 0 Å². The fraction of sp³-hybridized carbons (Fsp3) is 0. The van der Waals surface area contributed by atoms with Crippen molar-refractivity contribution in [3.05, 3.63) is 99.3 Å². The number of carbonyl (C=O) groups excluding carboxylic acids is 1. The third-order valence-electron chi connectivity index (χ3n) is 4.07.